The van der Waals surface area contributed by atoms with E-state index < -0.39 is 0 Å². The van der Waals surface area contributed by atoms with Gasteiger partial charge in [0.05, 0.1) is 0 Å². The molecule has 0 saturated carbocycles. The molecule has 0 bridgehead atoms. The normalized spacial score (nSPS) is 11.9. The molecule has 0 aromatic carbocycles. The fourth-order valence-electron chi connectivity index (χ4n) is 1.09. The molecule has 14 heavy (non-hydrogen) atoms. The van der Waals surface area contributed by atoms with Crippen LogP contribution in [0.25, 0.3) is 0 Å². The molecule has 0 aliphatic rings. The highest BCUT2D eigenvalue weighted by atomic mass is 16.2. The van der Waals surface area contributed by atoms with Crippen molar-refractivity contribution in [3.63, 3.8) is 0 Å². The smallest absolute Gasteiger partial charge is 0.222 e. The third-order valence-corrected chi connectivity index (χ3v) is 2.38. The summed E-state index contributed by atoms with van der Waals surface area (Å²) in [6.07, 6.45) is 1.58. The first-order chi connectivity index (χ1) is 6.25. The van der Waals surface area contributed by atoms with E-state index >= 15 is 0 Å². The van der Waals surface area contributed by atoms with Crippen molar-refractivity contribution in [2.45, 2.75) is 39.2 Å². The quantitative estimate of drug-likeness (QED) is 0.688. The SMILES string of the molecule is CN(C)CCCC(=O)N(C)C(C)(C)C. The fraction of sp³-hybridized carbons (Fsp3) is 0.909. The molecule has 0 aliphatic heterocycles. The predicted molar refractivity (Wildman–Crippen MR) is 60.3 cm³/mol. The minimum Gasteiger partial charge on any atom is -0.341 e. The Morgan fingerprint density at radius 1 is 1.14 bits per heavy atom. The van der Waals surface area contributed by atoms with Gasteiger partial charge in [0.25, 0.3) is 0 Å². The van der Waals surface area contributed by atoms with Crippen LogP contribution in [0.4, 0.5) is 0 Å². The summed E-state index contributed by atoms with van der Waals surface area (Å²) in [5, 5.41) is 0. The molecule has 3 nitrogen and oxygen atoms in total. The molecule has 0 heterocycles. The lowest BCUT2D eigenvalue weighted by Gasteiger charge is -2.32. The number of nitrogens with zero attached hydrogens (tertiary/aromatic N) is 2. The Hall–Kier alpha value is -0.570. The van der Waals surface area contributed by atoms with Crippen LogP contribution in [0.15, 0.2) is 0 Å². The van der Waals surface area contributed by atoms with E-state index in [0.29, 0.717) is 6.42 Å². The van der Waals surface area contributed by atoms with Crippen molar-refractivity contribution >= 4 is 5.91 Å². The molecule has 0 aromatic rings. The van der Waals surface area contributed by atoms with E-state index in [-0.39, 0.29) is 11.4 Å². The molecule has 1 amide bonds. The topological polar surface area (TPSA) is 23.6 Å². The summed E-state index contributed by atoms with van der Waals surface area (Å²) in [4.78, 5) is 15.6. The van der Waals surface area contributed by atoms with Gasteiger partial charge in [-0.05, 0) is 47.8 Å². The van der Waals surface area contributed by atoms with Crippen molar-refractivity contribution in [3.05, 3.63) is 0 Å². The molecule has 0 aliphatic carbocycles. The molecule has 0 spiro atoms. The molecule has 0 unspecified atom stereocenters. The van der Waals surface area contributed by atoms with E-state index in [9.17, 15) is 4.79 Å². The van der Waals surface area contributed by atoms with Gasteiger partial charge in [0, 0.05) is 19.0 Å². The lowest BCUT2D eigenvalue weighted by molar-refractivity contribution is -0.134. The van der Waals surface area contributed by atoms with Crippen molar-refractivity contribution in [2.24, 2.45) is 0 Å². The Labute approximate surface area is 88.1 Å². The highest BCUT2D eigenvalue weighted by molar-refractivity contribution is 5.76. The highest BCUT2D eigenvalue weighted by Gasteiger charge is 2.21. The van der Waals surface area contributed by atoms with Crippen LogP contribution < -0.4 is 0 Å². The van der Waals surface area contributed by atoms with E-state index in [1.165, 1.54) is 0 Å². The molecule has 0 aromatic heterocycles. The summed E-state index contributed by atoms with van der Waals surface area (Å²) < 4.78 is 0. The van der Waals surface area contributed by atoms with Gasteiger partial charge in [0.15, 0.2) is 0 Å². The first-order valence-electron chi connectivity index (χ1n) is 5.16. The molecular formula is C11H24N2O. The second-order valence-electron chi connectivity index (χ2n) is 5.03. The molecule has 0 fully saturated rings. The summed E-state index contributed by atoms with van der Waals surface area (Å²) in [7, 11) is 5.92. The Kier molecular flexibility index (Phi) is 5.13. The van der Waals surface area contributed by atoms with Gasteiger partial charge in [-0.2, -0.15) is 0 Å². The van der Waals surface area contributed by atoms with Crippen LogP contribution >= 0.6 is 0 Å². The first kappa shape index (κ1) is 13.4. The summed E-state index contributed by atoms with van der Waals surface area (Å²) in [6.45, 7) is 7.13. The summed E-state index contributed by atoms with van der Waals surface area (Å²) >= 11 is 0. The van der Waals surface area contributed by atoms with Crippen molar-refractivity contribution in [2.75, 3.05) is 27.7 Å². The predicted octanol–water partition coefficient (Wildman–Crippen LogP) is 1.59. The van der Waals surface area contributed by atoms with Crippen molar-refractivity contribution in [1.29, 1.82) is 0 Å². The number of carbonyl (C=O) groups excluding carboxylic acids is 1. The Morgan fingerprint density at radius 3 is 2.00 bits per heavy atom. The summed E-state index contributed by atoms with van der Waals surface area (Å²) in [5.41, 5.74) is -0.0603. The maximum absolute atomic E-state index is 11.7. The maximum Gasteiger partial charge on any atom is 0.222 e. The summed E-state index contributed by atoms with van der Waals surface area (Å²) in [5.74, 6) is 0.236. The Bertz CT molecular complexity index is 182. The van der Waals surface area contributed by atoms with Crippen LogP contribution in [-0.4, -0.2) is 48.9 Å². The average Bonchev–Trinajstić information content (AvgIpc) is 2.00. The Morgan fingerprint density at radius 2 is 1.64 bits per heavy atom. The molecule has 0 atom stereocenters. The lowest BCUT2D eigenvalue weighted by Crippen LogP contribution is -2.42. The van der Waals surface area contributed by atoms with Crippen LogP contribution in [-0.2, 0) is 4.79 Å². The largest absolute Gasteiger partial charge is 0.341 e. The fourth-order valence-corrected chi connectivity index (χ4v) is 1.09. The number of carbonyl (C=O) groups is 1. The molecule has 0 rings (SSSR count). The number of hydrogen-bond donors (Lipinski definition) is 0. The standard InChI is InChI=1S/C11H24N2O/c1-11(2,3)13(6)10(14)8-7-9-12(4)5/h7-9H2,1-6H3. The maximum atomic E-state index is 11.7. The molecule has 0 N–H and O–H groups in total. The van der Waals surface area contributed by atoms with E-state index in [1.807, 2.05) is 26.0 Å². The summed E-state index contributed by atoms with van der Waals surface area (Å²) in [6, 6.07) is 0. The Balaban J connectivity index is 3.86. The van der Waals surface area contributed by atoms with E-state index in [4.69, 9.17) is 0 Å². The van der Waals surface area contributed by atoms with Crippen molar-refractivity contribution < 1.29 is 4.79 Å². The van der Waals surface area contributed by atoms with Crippen LogP contribution in [0, 0.1) is 0 Å². The van der Waals surface area contributed by atoms with Gasteiger partial charge in [-0.15, -0.1) is 0 Å². The van der Waals surface area contributed by atoms with Crippen LogP contribution in [0.1, 0.15) is 33.6 Å². The molecule has 0 radical (unpaired) electrons. The average molecular weight is 200 g/mol. The van der Waals surface area contributed by atoms with Gasteiger partial charge < -0.3 is 9.80 Å². The minimum absolute atomic E-state index is 0.0603. The zero-order valence-electron chi connectivity index (χ0n) is 10.4. The van der Waals surface area contributed by atoms with Crippen LogP contribution in [0.3, 0.4) is 0 Å². The number of hydrogen-bond acceptors (Lipinski definition) is 2. The van der Waals surface area contributed by atoms with Gasteiger partial charge in [-0.25, -0.2) is 0 Å². The van der Waals surface area contributed by atoms with Gasteiger partial charge in [0.1, 0.15) is 0 Å². The highest BCUT2D eigenvalue weighted by Crippen LogP contribution is 2.12. The molecule has 84 valence electrons. The monoisotopic (exact) mass is 200 g/mol. The third-order valence-electron chi connectivity index (χ3n) is 2.38. The number of amides is 1. The zero-order chi connectivity index (χ0) is 11.4. The van der Waals surface area contributed by atoms with Crippen molar-refractivity contribution in [1.82, 2.24) is 9.80 Å². The molecular weight excluding hydrogens is 176 g/mol. The lowest BCUT2D eigenvalue weighted by atomic mass is 10.1. The second-order valence-corrected chi connectivity index (χ2v) is 5.03. The molecule has 0 saturated heterocycles. The van der Waals surface area contributed by atoms with E-state index in [2.05, 4.69) is 25.7 Å². The minimum atomic E-state index is -0.0603. The molecule has 3 heteroatoms. The van der Waals surface area contributed by atoms with Crippen LogP contribution in [0.2, 0.25) is 0 Å². The number of rotatable bonds is 4. The van der Waals surface area contributed by atoms with E-state index in [1.54, 1.807) is 0 Å². The van der Waals surface area contributed by atoms with Crippen molar-refractivity contribution in [3.8, 4) is 0 Å². The second kappa shape index (κ2) is 5.35. The van der Waals surface area contributed by atoms with Gasteiger partial charge in [0.2, 0.25) is 5.91 Å². The first-order valence-corrected chi connectivity index (χ1v) is 5.16. The van der Waals surface area contributed by atoms with Gasteiger partial charge >= 0.3 is 0 Å². The van der Waals surface area contributed by atoms with Gasteiger partial charge in [-0.1, -0.05) is 0 Å². The van der Waals surface area contributed by atoms with E-state index in [0.717, 1.165) is 13.0 Å². The van der Waals surface area contributed by atoms with Gasteiger partial charge in [-0.3, -0.25) is 4.79 Å². The zero-order valence-corrected chi connectivity index (χ0v) is 10.4. The third kappa shape index (κ3) is 5.22. The van der Waals surface area contributed by atoms with Crippen LogP contribution in [0.5, 0.6) is 0 Å².